The summed E-state index contributed by atoms with van der Waals surface area (Å²) in [6.07, 6.45) is 1.97. The van der Waals surface area contributed by atoms with Gasteiger partial charge in [-0.2, -0.15) is 0 Å². The lowest BCUT2D eigenvalue weighted by atomic mass is 10.1. The van der Waals surface area contributed by atoms with Crippen molar-refractivity contribution in [2.24, 2.45) is 0 Å². The third kappa shape index (κ3) is 3.10. The summed E-state index contributed by atoms with van der Waals surface area (Å²) in [5, 5.41) is 3.50. The quantitative estimate of drug-likeness (QED) is 0.841. The molecule has 5 nitrogen and oxygen atoms in total. The van der Waals surface area contributed by atoms with Crippen LogP contribution in [0.5, 0.6) is 5.75 Å². The van der Waals surface area contributed by atoms with Crippen LogP contribution in [-0.2, 0) is 4.79 Å². The normalized spacial score (nSPS) is 18.1. The highest BCUT2D eigenvalue weighted by atomic mass is 35.5. The number of methoxy groups -OCH3 is 1. The van der Waals surface area contributed by atoms with Crippen molar-refractivity contribution < 1.29 is 9.53 Å². The average Bonchev–Trinajstić information content (AvgIpc) is 2.96. The van der Waals surface area contributed by atoms with Crippen LogP contribution in [0.4, 0.5) is 11.4 Å². The zero-order valence-corrected chi connectivity index (χ0v) is 15.3. The molecule has 0 spiro atoms. The first-order valence-corrected chi connectivity index (χ1v) is 8.98. The summed E-state index contributed by atoms with van der Waals surface area (Å²) in [7, 11) is 1.70. The topological polar surface area (TPSA) is 44.8 Å². The molecule has 2 heterocycles. The van der Waals surface area contributed by atoms with Crippen LogP contribution in [0.3, 0.4) is 0 Å². The maximum absolute atomic E-state index is 12.3. The van der Waals surface area contributed by atoms with Gasteiger partial charge in [0.1, 0.15) is 5.75 Å². The SMILES string of the molecule is COc1ccccc1N1CCN(/C=C2/C(=O)Nc3cc(Cl)ccc32)CC1. The van der Waals surface area contributed by atoms with Gasteiger partial charge in [0, 0.05) is 43.0 Å². The zero-order chi connectivity index (χ0) is 18.1. The maximum Gasteiger partial charge on any atom is 0.257 e. The molecule has 1 fully saturated rings. The standard InChI is InChI=1S/C20H20ClN3O2/c1-26-19-5-3-2-4-18(19)24-10-8-23(9-11-24)13-16-15-7-6-14(21)12-17(15)22-20(16)25/h2-7,12-13H,8-11H2,1H3,(H,22,25)/b16-13+. The van der Waals surface area contributed by atoms with Crippen LogP contribution in [0, 0.1) is 0 Å². The van der Waals surface area contributed by atoms with Crippen molar-refractivity contribution in [3.63, 3.8) is 0 Å². The number of halogens is 1. The lowest BCUT2D eigenvalue weighted by Gasteiger charge is -2.36. The summed E-state index contributed by atoms with van der Waals surface area (Å²) in [5.74, 6) is 0.815. The Kier molecular flexibility index (Phi) is 4.47. The summed E-state index contributed by atoms with van der Waals surface area (Å²) < 4.78 is 5.46. The van der Waals surface area contributed by atoms with E-state index in [0.29, 0.717) is 10.6 Å². The number of anilines is 2. The highest BCUT2D eigenvalue weighted by Gasteiger charge is 2.26. The van der Waals surface area contributed by atoms with Crippen molar-refractivity contribution in [1.82, 2.24) is 4.90 Å². The van der Waals surface area contributed by atoms with Crippen molar-refractivity contribution in [1.29, 1.82) is 0 Å². The molecule has 1 amide bonds. The fourth-order valence-electron chi connectivity index (χ4n) is 3.46. The first kappa shape index (κ1) is 16.8. The van der Waals surface area contributed by atoms with E-state index in [0.717, 1.165) is 48.9 Å². The van der Waals surface area contributed by atoms with Gasteiger partial charge in [0.25, 0.3) is 5.91 Å². The predicted molar refractivity (Wildman–Crippen MR) is 105 cm³/mol. The largest absolute Gasteiger partial charge is 0.495 e. The van der Waals surface area contributed by atoms with E-state index in [1.165, 1.54) is 0 Å². The number of nitrogens with one attached hydrogen (secondary N) is 1. The number of hydrogen-bond donors (Lipinski definition) is 1. The summed E-state index contributed by atoms with van der Waals surface area (Å²) in [6.45, 7) is 3.44. The van der Waals surface area contributed by atoms with E-state index in [9.17, 15) is 4.79 Å². The second-order valence-electron chi connectivity index (χ2n) is 6.38. The van der Waals surface area contributed by atoms with Crippen LogP contribution in [-0.4, -0.2) is 44.1 Å². The number of para-hydroxylation sites is 2. The Labute approximate surface area is 157 Å². The molecule has 0 bridgehead atoms. The fraction of sp³-hybridized carbons (Fsp3) is 0.250. The molecule has 0 aliphatic carbocycles. The number of rotatable bonds is 3. The van der Waals surface area contributed by atoms with E-state index in [1.807, 2.05) is 36.5 Å². The van der Waals surface area contributed by atoms with Gasteiger partial charge in [-0.05, 0) is 24.3 Å². The Morgan fingerprint density at radius 3 is 2.65 bits per heavy atom. The Bertz CT molecular complexity index is 873. The molecule has 6 heteroatoms. The third-order valence-corrected chi connectivity index (χ3v) is 5.05. The number of fused-ring (bicyclic) bond motifs is 1. The molecule has 1 N–H and O–H groups in total. The molecule has 0 atom stereocenters. The van der Waals surface area contributed by atoms with Crippen molar-refractivity contribution in [2.75, 3.05) is 43.5 Å². The van der Waals surface area contributed by atoms with E-state index in [4.69, 9.17) is 16.3 Å². The molecule has 2 aliphatic rings. The molecule has 134 valence electrons. The monoisotopic (exact) mass is 369 g/mol. The first-order chi connectivity index (χ1) is 12.7. The summed E-state index contributed by atoms with van der Waals surface area (Å²) in [6, 6.07) is 13.6. The van der Waals surface area contributed by atoms with Crippen molar-refractivity contribution in [2.45, 2.75) is 0 Å². The van der Waals surface area contributed by atoms with E-state index in [-0.39, 0.29) is 5.91 Å². The molecular weight excluding hydrogens is 350 g/mol. The smallest absolute Gasteiger partial charge is 0.257 e. The molecule has 2 aromatic rings. The molecular formula is C20H20ClN3O2. The first-order valence-electron chi connectivity index (χ1n) is 8.61. The molecule has 0 saturated carbocycles. The molecule has 0 radical (unpaired) electrons. The molecule has 0 aromatic heterocycles. The zero-order valence-electron chi connectivity index (χ0n) is 14.5. The number of ether oxygens (including phenoxy) is 1. The van der Waals surface area contributed by atoms with E-state index in [1.54, 1.807) is 13.2 Å². The van der Waals surface area contributed by atoms with Crippen LogP contribution in [0.2, 0.25) is 5.02 Å². The van der Waals surface area contributed by atoms with Gasteiger partial charge < -0.3 is 19.9 Å². The lowest BCUT2D eigenvalue weighted by molar-refractivity contribution is -0.110. The maximum atomic E-state index is 12.3. The molecule has 0 unspecified atom stereocenters. The van der Waals surface area contributed by atoms with Gasteiger partial charge in [-0.1, -0.05) is 29.8 Å². The van der Waals surface area contributed by atoms with Crippen LogP contribution in [0.25, 0.3) is 5.57 Å². The predicted octanol–water partition coefficient (Wildman–Crippen LogP) is 3.46. The number of amides is 1. The molecule has 4 rings (SSSR count). The van der Waals surface area contributed by atoms with Gasteiger partial charge in [0.05, 0.1) is 24.1 Å². The van der Waals surface area contributed by atoms with Crippen molar-refractivity contribution in [3.05, 3.63) is 59.3 Å². The fourth-order valence-corrected chi connectivity index (χ4v) is 3.63. The van der Waals surface area contributed by atoms with Gasteiger partial charge in [-0.3, -0.25) is 4.79 Å². The number of piperazine rings is 1. The van der Waals surface area contributed by atoms with Crippen LogP contribution in [0.1, 0.15) is 5.56 Å². The third-order valence-electron chi connectivity index (χ3n) is 4.82. The van der Waals surface area contributed by atoms with Gasteiger partial charge in [-0.15, -0.1) is 0 Å². The van der Waals surface area contributed by atoms with Gasteiger partial charge >= 0.3 is 0 Å². The van der Waals surface area contributed by atoms with Gasteiger partial charge in [0.15, 0.2) is 0 Å². The molecule has 26 heavy (non-hydrogen) atoms. The highest BCUT2D eigenvalue weighted by Crippen LogP contribution is 2.34. The van der Waals surface area contributed by atoms with Crippen molar-refractivity contribution in [3.8, 4) is 5.75 Å². The second kappa shape index (κ2) is 6.92. The minimum absolute atomic E-state index is 0.0746. The molecule has 1 saturated heterocycles. The number of carbonyl (C=O) groups excluding carboxylic acids is 1. The average molecular weight is 370 g/mol. The summed E-state index contributed by atoms with van der Waals surface area (Å²) in [4.78, 5) is 16.8. The summed E-state index contributed by atoms with van der Waals surface area (Å²) in [5.41, 5.74) is 3.50. The molecule has 2 aromatic carbocycles. The Morgan fingerprint density at radius 2 is 1.88 bits per heavy atom. The van der Waals surface area contributed by atoms with Gasteiger partial charge in [-0.25, -0.2) is 0 Å². The minimum Gasteiger partial charge on any atom is -0.495 e. The number of hydrogen-bond acceptors (Lipinski definition) is 4. The number of carbonyl (C=O) groups is 1. The van der Waals surface area contributed by atoms with E-state index < -0.39 is 0 Å². The Morgan fingerprint density at radius 1 is 1.12 bits per heavy atom. The van der Waals surface area contributed by atoms with Crippen LogP contribution in [0.15, 0.2) is 48.7 Å². The lowest BCUT2D eigenvalue weighted by Crippen LogP contribution is -2.44. The van der Waals surface area contributed by atoms with Gasteiger partial charge in [0.2, 0.25) is 0 Å². The minimum atomic E-state index is -0.0746. The second-order valence-corrected chi connectivity index (χ2v) is 6.82. The van der Waals surface area contributed by atoms with Crippen LogP contribution < -0.4 is 15.0 Å². The number of benzene rings is 2. The summed E-state index contributed by atoms with van der Waals surface area (Å²) >= 11 is 6.01. The highest BCUT2D eigenvalue weighted by molar-refractivity contribution is 6.34. The van der Waals surface area contributed by atoms with Crippen molar-refractivity contribution >= 4 is 34.5 Å². The van der Waals surface area contributed by atoms with Crippen LogP contribution >= 0.6 is 11.6 Å². The van der Waals surface area contributed by atoms with E-state index >= 15 is 0 Å². The number of nitrogens with zero attached hydrogens (tertiary/aromatic N) is 2. The Balaban J connectivity index is 1.49. The Hall–Kier alpha value is -2.66. The molecule has 2 aliphatic heterocycles. The van der Waals surface area contributed by atoms with E-state index in [2.05, 4.69) is 21.2 Å².